The second-order valence-electron chi connectivity index (χ2n) is 5.69. The molecule has 1 N–H and O–H groups in total. The smallest absolute Gasteiger partial charge is 0.212 e. The number of halogens is 1. The average Bonchev–Trinajstić information content (AvgIpc) is 1.92. The van der Waals surface area contributed by atoms with Gasteiger partial charge in [0.25, 0.3) is 0 Å². The summed E-state index contributed by atoms with van der Waals surface area (Å²) in [5.41, 5.74) is -0.396. The molecule has 0 aromatic carbocycles. The number of rotatable bonds is 4. The lowest BCUT2D eigenvalue weighted by Gasteiger charge is -2.41. The molecular weight excluding hydrogens is 278 g/mol. The minimum absolute atomic E-state index is 0.189. The van der Waals surface area contributed by atoms with Crippen molar-refractivity contribution in [1.29, 1.82) is 0 Å². The summed E-state index contributed by atoms with van der Waals surface area (Å²) in [6, 6.07) is 0. The minimum Gasteiger partial charge on any atom is -0.212 e. The highest BCUT2D eigenvalue weighted by Gasteiger charge is 2.40. The molecule has 0 radical (unpaired) electrons. The molecule has 15 heavy (non-hydrogen) atoms. The molecule has 0 atom stereocenters. The summed E-state index contributed by atoms with van der Waals surface area (Å²) in [7, 11) is -3.15. The first-order valence-electron chi connectivity index (χ1n) is 5.26. The maximum absolute atomic E-state index is 11.9. The van der Waals surface area contributed by atoms with Crippen molar-refractivity contribution in [3.63, 3.8) is 0 Å². The van der Waals surface area contributed by atoms with Gasteiger partial charge in [-0.3, -0.25) is 0 Å². The van der Waals surface area contributed by atoms with Crippen molar-refractivity contribution in [2.45, 2.75) is 45.6 Å². The van der Waals surface area contributed by atoms with Crippen LogP contribution in [0.3, 0.4) is 0 Å². The summed E-state index contributed by atoms with van der Waals surface area (Å²) in [5, 5.41) is 0.712. The Hall–Kier alpha value is 0.390. The summed E-state index contributed by atoms with van der Waals surface area (Å²) >= 11 is 3.39. The van der Waals surface area contributed by atoms with E-state index in [4.69, 9.17) is 0 Å². The predicted octanol–water partition coefficient (Wildman–Crippen LogP) is 2.27. The van der Waals surface area contributed by atoms with Gasteiger partial charge in [-0.1, -0.05) is 36.7 Å². The third-order valence-corrected chi connectivity index (χ3v) is 5.62. The summed E-state index contributed by atoms with van der Waals surface area (Å²) in [4.78, 5) is 0. The van der Waals surface area contributed by atoms with Crippen LogP contribution in [0.1, 0.15) is 40.0 Å². The van der Waals surface area contributed by atoms with E-state index in [0.717, 1.165) is 19.3 Å². The number of alkyl halides is 1. The molecule has 1 aliphatic rings. The third kappa shape index (κ3) is 4.04. The fraction of sp³-hybridized carbons (Fsp3) is 1.00. The van der Waals surface area contributed by atoms with E-state index >= 15 is 0 Å². The van der Waals surface area contributed by atoms with E-state index in [2.05, 4.69) is 20.7 Å². The van der Waals surface area contributed by atoms with Crippen LogP contribution in [0.25, 0.3) is 0 Å². The first-order chi connectivity index (χ1) is 6.68. The molecule has 3 nitrogen and oxygen atoms in total. The zero-order valence-corrected chi connectivity index (χ0v) is 12.0. The minimum atomic E-state index is -3.15. The molecule has 0 aromatic heterocycles. The predicted molar refractivity (Wildman–Crippen MR) is 66.8 cm³/mol. The highest BCUT2D eigenvalue weighted by atomic mass is 79.9. The zero-order valence-electron chi connectivity index (χ0n) is 9.64. The fourth-order valence-electron chi connectivity index (χ4n) is 1.80. The van der Waals surface area contributed by atoms with Crippen molar-refractivity contribution in [2.75, 3.05) is 11.1 Å². The average molecular weight is 298 g/mol. The highest BCUT2D eigenvalue weighted by molar-refractivity contribution is 9.09. The van der Waals surface area contributed by atoms with E-state index in [1.54, 1.807) is 0 Å². The van der Waals surface area contributed by atoms with Crippen molar-refractivity contribution < 1.29 is 8.42 Å². The van der Waals surface area contributed by atoms with Crippen LogP contribution in [-0.4, -0.2) is 25.0 Å². The van der Waals surface area contributed by atoms with Crippen molar-refractivity contribution in [2.24, 2.45) is 5.41 Å². The molecule has 0 amide bonds. The molecule has 1 aliphatic carbocycles. The SMILES string of the molecule is CC(C)(C)CS(=O)(=O)NC1(CBr)CCC1. The van der Waals surface area contributed by atoms with Gasteiger partial charge >= 0.3 is 0 Å². The van der Waals surface area contributed by atoms with Gasteiger partial charge in [0.15, 0.2) is 0 Å². The van der Waals surface area contributed by atoms with Gasteiger partial charge in [0, 0.05) is 10.9 Å². The quantitative estimate of drug-likeness (QED) is 0.809. The van der Waals surface area contributed by atoms with Crippen molar-refractivity contribution in [1.82, 2.24) is 4.72 Å². The summed E-state index contributed by atoms with van der Waals surface area (Å²) < 4.78 is 26.6. The molecule has 0 heterocycles. The van der Waals surface area contributed by atoms with Gasteiger partial charge in [-0.15, -0.1) is 0 Å². The Morgan fingerprint density at radius 2 is 1.87 bits per heavy atom. The number of hydrogen-bond donors (Lipinski definition) is 1. The van der Waals surface area contributed by atoms with Gasteiger partial charge in [-0.05, 0) is 24.7 Å². The van der Waals surface area contributed by atoms with E-state index in [0.29, 0.717) is 5.33 Å². The number of hydrogen-bond acceptors (Lipinski definition) is 2. The summed E-state index contributed by atoms with van der Waals surface area (Å²) in [5.74, 6) is 0.189. The standard InChI is InChI=1S/C10H20BrNO2S/c1-9(2,3)8-15(13,14)12-10(7-11)5-4-6-10/h12H,4-8H2,1-3H3. The molecule has 1 fully saturated rings. The van der Waals surface area contributed by atoms with Crippen molar-refractivity contribution in [3.05, 3.63) is 0 Å². The molecule has 0 saturated heterocycles. The first kappa shape index (κ1) is 13.5. The first-order valence-corrected chi connectivity index (χ1v) is 8.03. The van der Waals surface area contributed by atoms with Crippen LogP contribution in [0.5, 0.6) is 0 Å². The third-order valence-electron chi connectivity index (χ3n) is 2.56. The normalized spacial score (nSPS) is 21.1. The van der Waals surface area contributed by atoms with Crippen molar-refractivity contribution >= 4 is 26.0 Å². The Morgan fingerprint density at radius 3 is 2.13 bits per heavy atom. The number of sulfonamides is 1. The Labute approximate surface area is 101 Å². The largest absolute Gasteiger partial charge is 0.212 e. The molecule has 1 saturated carbocycles. The lowest BCUT2D eigenvalue weighted by Crippen LogP contribution is -2.56. The van der Waals surface area contributed by atoms with E-state index < -0.39 is 10.0 Å². The fourth-order valence-corrected chi connectivity index (χ4v) is 4.84. The lowest BCUT2D eigenvalue weighted by atomic mass is 9.80. The van der Waals surface area contributed by atoms with Gasteiger partial charge in [-0.2, -0.15) is 0 Å². The maximum atomic E-state index is 11.9. The van der Waals surface area contributed by atoms with Crippen LogP contribution in [0.15, 0.2) is 0 Å². The molecule has 1 rings (SSSR count). The van der Waals surface area contributed by atoms with E-state index in [9.17, 15) is 8.42 Å². The number of nitrogens with one attached hydrogen (secondary N) is 1. The van der Waals surface area contributed by atoms with Crippen LogP contribution >= 0.6 is 15.9 Å². The molecule has 0 spiro atoms. The van der Waals surface area contributed by atoms with Gasteiger partial charge in [0.2, 0.25) is 10.0 Å². The van der Waals surface area contributed by atoms with Gasteiger partial charge in [0.1, 0.15) is 0 Å². The van der Waals surface area contributed by atoms with Crippen LogP contribution in [0.2, 0.25) is 0 Å². The van der Waals surface area contributed by atoms with E-state index in [1.165, 1.54) is 0 Å². The second-order valence-corrected chi connectivity index (χ2v) is 7.97. The lowest BCUT2D eigenvalue weighted by molar-refractivity contribution is 0.255. The molecule has 0 unspecified atom stereocenters. The Morgan fingerprint density at radius 1 is 1.33 bits per heavy atom. The van der Waals surface area contributed by atoms with Crippen LogP contribution < -0.4 is 4.72 Å². The van der Waals surface area contributed by atoms with Gasteiger partial charge in [-0.25, -0.2) is 13.1 Å². The highest BCUT2D eigenvalue weighted by Crippen LogP contribution is 2.34. The molecule has 90 valence electrons. The molecule has 0 aromatic rings. The molecule has 5 heteroatoms. The van der Waals surface area contributed by atoms with E-state index in [1.807, 2.05) is 20.8 Å². The summed E-state index contributed by atoms with van der Waals surface area (Å²) in [6.45, 7) is 5.81. The zero-order chi connectivity index (χ0) is 11.7. The Balaban J connectivity index is 2.64. The summed E-state index contributed by atoms with van der Waals surface area (Å²) in [6.07, 6.45) is 3.01. The Bertz CT molecular complexity index is 309. The Kier molecular flexibility index (Phi) is 3.89. The van der Waals surface area contributed by atoms with Crippen molar-refractivity contribution in [3.8, 4) is 0 Å². The molecule has 0 aliphatic heterocycles. The topological polar surface area (TPSA) is 46.2 Å². The monoisotopic (exact) mass is 297 g/mol. The second kappa shape index (κ2) is 4.34. The maximum Gasteiger partial charge on any atom is 0.212 e. The van der Waals surface area contributed by atoms with Crippen LogP contribution in [0.4, 0.5) is 0 Å². The van der Waals surface area contributed by atoms with Gasteiger partial charge < -0.3 is 0 Å². The molecule has 0 bridgehead atoms. The van der Waals surface area contributed by atoms with Gasteiger partial charge in [0.05, 0.1) is 5.75 Å². The molecular formula is C10H20BrNO2S. The van der Waals surface area contributed by atoms with Crippen LogP contribution in [0, 0.1) is 5.41 Å². The van der Waals surface area contributed by atoms with Crippen LogP contribution in [-0.2, 0) is 10.0 Å². The van der Waals surface area contributed by atoms with E-state index in [-0.39, 0.29) is 16.7 Å².